The molecule has 26 heavy (non-hydrogen) atoms. The highest BCUT2D eigenvalue weighted by Crippen LogP contribution is 2.33. The maximum absolute atomic E-state index is 12.7. The first-order valence-electron chi connectivity index (χ1n) is 7.19. The Morgan fingerprint density at radius 1 is 1.12 bits per heavy atom. The van der Waals surface area contributed by atoms with Crippen LogP contribution in [0.4, 0.5) is 8.78 Å². The van der Waals surface area contributed by atoms with E-state index in [4.69, 9.17) is 27.9 Å². The van der Waals surface area contributed by atoms with Crippen LogP contribution in [0.1, 0.15) is 5.56 Å². The molecule has 0 amide bonds. The third-order valence-corrected chi connectivity index (χ3v) is 6.20. The van der Waals surface area contributed by atoms with Gasteiger partial charge < -0.3 is 9.47 Å². The van der Waals surface area contributed by atoms with Crippen LogP contribution in [0.15, 0.2) is 41.3 Å². The van der Waals surface area contributed by atoms with Gasteiger partial charge in [-0.15, -0.1) is 0 Å². The monoisotopic (exact) mass is 425 g/mol. The van der Waals surface area contributed by atoms with E-state index in [0.717, 1.165) is 4.31 Å². The number of ether oxygens (including phenoxy) is 2. The van der Waals surface area contributed by atoms with Crippen molar-refractivity contribution in [3.63, 3.8) is 0 Å². The van der Waals surface area contributed by atoms with Gasteiger partial charge in [0.2, 0.25) is 10.0 Å². The van der Waals surface area contributed by atoms with Crippen LogP contribution in [0.3, 0.4) is 0 Å². The highest BCUT2D eigenvalue weighted by molar-refractivity contribution is 7.89. The number of nitrogens with zero attached hydrogens (tertiary/aromatic N) is 1. The lowest BCUT2D eigenvalue weighted by atomic mass is 10.2. The summed E-state index contributed by atoms with van der Waals surface area (Å²) in [5.74, 6) is -0.0877. The molecule has 0 heterocycles. The number of rotatable bonds is 7. The van der Waals surface area contributed by atoms with E-state index in [1.165, 1.54) is 50.6 Å². The maximum atomic E-state index is 12.7. The largest absolute Gasteiger partial charge is 0.493 e. The molecule has 2 aromatic rings. The molecule has 0 spiro atoms. The second-order valence-corrected chi connectivity index (χ2v) is 7.97. The van der Waals surface area contributed by atoms with Crippen molar-refractivity contribution in [2.45, 2.75) is 18.1 Å². The standard InChI is InChI=1S/C16H15Cl2F2NO4S/c1-21(26(22,23)15-11(17)4-3-5-12(15)18)9-10-6-7-13(25-16(19)20)14(8-10)24-2/h3-8,16H,9H2,1-2H3. The van der Waals surface area contributed by atoms with E-state index in [-0.39, 0.29) is 33.0 Å². The summed E-state index contributed by atoms with van der Waals surface area (Å²) in [6, 6.07) is 8.54. The Hall–Kier alpha value is -1.61. The third-order valence-electron chi connectivity index (χ3n) is 3.44. The fourth-order valence-electron chi connectivity index (χ4n) is 2.23. The Kier molecular flexibility index (Phi) is 6.68. The number of hydrogen-bond acceptors (Lipinski definition) is 4. The fraction of sp³-hybridized carbons (Fsp3) is 0.250. The topological polar surface area (TPSA) is 55.8 Å². The first kappa shape index (κ1) is 20.7. The lowest BCUT2D eigenvalue weighted by molar-refractivity contribution is -0.0512. The van der Waals surface area contributed by atoms with E-state index < -0.39 is 16.6 Å². The molecule has 0 bridgehead atoms. The van der Waals surface area contributed by atoms with Crippen molar-refractivity contribution in [2.75, 3.05) is 14.2 Å². The second-order valence-electron chi connectivity index (χ2n) is 5.18. The van der Waals surface area contributed by atoms with Crippen LogP contribution >= 0.6 is 23.2 Å². The minimum Gasteiger partial charge on any atom is -0.493 e. The molecule has 142 valence electrons. The van der Waals surface area contributed by atoms with Gasteiger partial charge in [0, 0.05) is 13.6 Å². The number of methoxy groups -OCH3 is 1. The lowest BCUT2D eigenvalue weighted by Crippen LogP contribution is -2.27. The molecule has 0 atom stereocenters. The van der Waals surface area contributed by atoms with E-state index in [1.807, 2.05) is 0 Å². The van der Waals surface area contributed by atoms with Crippen LogP contribution in [0, 0.1) is 0 Å². The first-order chi connectivity index (χ1) is 12.2. The zero-order valence-electron chi connectivity index (χ0n) is 13.7. The van der Waals surface area contributed by atoms with Gasteiger partial charge in [0.25, 0.3) is 0 Å². The molecule has 0 aliphatic rings. The fourth-order valence-corrected chi connectivity index (χ4v) is 4.47. The summed E-state index contributed by atoms with van der Waals surface area (Å²) in [7, 11) is -1.32. The van der Waals surface area contributed by atoms with Crippen molar-refractivity contribution in [1.29, 1.82) is 0 Å². The van der Waals surface area contributed by atoms with E-state index in [1.54, 1.807) is 0 Å². The summed E-state index contributed by atoms with van der Waals surface area (Å²) in [5.41, 5.74) is 0.498. The van der Waals surface area contributed by atoms with Gasteiger partial charge in [-0.1, -0.05) is 35.3 Å². The van der Waals surface area contributed by atoms with Gasteiger partial charge >= 0.3 is 6.61 Å². The van der Waals surface area contributed by atoms with E-state index in [0.29, 0.717) is 5.56 Å². The van der Waals surface area contributed by atoms with Crippen LogP contribution in [0.25, 0.3) is 0 Å². The number of alkyl halides is 2. The number of sulfonamides is 1. The van der Waals surface area contributed by atoms with Crippen LogP contribution in [-0.4, -0.2) is 33.5 Å². The molecule has 2 rings (SSSR count). The molecule has 0 aromatic heterocycles. The molecule has 0 N–H and O–H groups in total. The zero-order valence-corrected chi connectivity index (χ0v) is 16.1. The molecule has 0 saturated heterocycles. The molecule has 2 aromatic carbocycles. The van der Waals surface area contributed by atoms with Gasteiger partial charge in [-0.2, -0.15) is 13.1 Å². The van der Waals surface area contributed by atoms with Crippen molar-refractivity contribution < 1.29 is 26.7 Å². The minimum atomic E-state index is -3.97. The molecule has 5 nitrogen and oxygen atoms in total. The third kappa shape index (κ3) is 4.56. The number of benzene rings is 2. The van der Waals surface area contributed by atoms with Crippen molar-refractivity contribution in [2.24, 2.45) is 0 Å². The predicted molar refractivity (Wildman–Crippen MR) is 94.7 cm³/mol. The Bertz CT molecular complexity index is 874. The number of hydrogen-bond donors (Lipinski definition) is 0. The van der Waals surface area contributed by atoms with E-state index in [9.17, 15) is 17.2 Å². The SMILES string of the molecule is COc1cc(CN(C)S(=O)(=O)c2c(Cl)cccc2Cl)ccc1OC(F)F. The molecule has 0 fully saturated rings. The molecular weight excluding hydrogens is 411 g/mol. The smallest absolute Gasteiger partial charge is 0.387 e. The minimum absolute atomic E-state index is 0.00242. The van der Waals surface area contributed by atoms with Gasteiger partial charge in [-0.25, -0.2) is 8.42 Å². The Balaban J connectivity index is 2.30. The highest BCUT2D eigenvalue weighted by Gasteiger charge is 2.26. The second kappa shape index (κ2) is 8.39. The summed E-state index contributed by atoms with van der Waals surface area (Å²) in [4.78, 5) is -0.199. The Labute approximate surface area is 160 Å². The summed E-state index contributed by atoms with van der Waals surface area (Å²) < 4.78 is 60.6. The summed E-state index contributed by atoms with van der Waals surface area (Å²) in [6.07, 6.45) is 0. The van der Waals surface area contributed by atoms with Crippen LogP contribution < -0.4 is 9.47 Å². The van der Waals surface area contributed by atoms with Crippen LogP contribution in [0.2, 0.25) is 10.0 Å². The normalized spacial score (nSPS) is 11.8. The van der Waals surface area contributed by atoms with Gasteiger partial charge in [0.1, 0.15) is 4.90 Å². The van der Waals surface area contributed by atoms with Gasteiger partial charge in [-0.3, -0.25) is 0 Å². The Morgan fingerprint density at radius 2 is 1.73 bits per heavy atom. The molecule has 0 aliphatic carbocycles. The molecule has 0 radical (unpaired) electrons. The quantitative estimate of drug-likeness (QED) is 0.658. The average molecular weight is 426 g/mol. The Morgan fingerprint density at radius 3 is 2.27 bits per heavy atom. The van der Waals surface area contributed by atoms with Crippen LogP contribution in [0.5, 0.6) is 11.5 Å². The van der Waals surface area contributed by atoms with Crippen molar-refractivity contribution >= 4 is 33.2 Å². The van der Waals surface area contributed by atoms with E-state index >= 15 is 0 Å². The molecule has 10 heteroatoms. The summed E-state index contributed by atoms with van der Waals surface area (Å²) in [6.45, 7) is -3.06. The van der Waals surface area contributed by atoms with Crippen molar-refractivity contribution in [1.82, 2.24) is 4.31 Å². The van der Waals surface area contributed by atoms with E-state index in [2.05, 4.69) is 4.74 Å². The van der Waals surface area contributed by atoms with Gasteiger partial charge in [-0.05, 0) is 29.8 Å². The lowest BCUT2D eigenvalue weighted by Gasteiger charge is -2.19. The molecule has 0 saturated carbocycles. The van der Waals surface area contributed by atoms with Crippen LogP contribution in [-0.2, 0) is 16.6 Å². The summed E-state index contributed by atoms with van der Waals surface area (Å²) >= 11 is 12.0. The van der Waals surface area contributed by atoms with Gasteiger partial charge in [0.15, 0.2) is 11.5 Å². The molecule has 0 unspecified atom stereocenters. The molecule has 0 aliphatic heterocycles. The first-order valence-corrected chi connectivity index (χ1v) is 9.38. The zero-order chi connectivity index (χ0) is 19.5. The number of halogens is 4. The molecular formula is C16H15Cl2F2NO4S. The maximum Gasteiger partial charge on any atom is 0.387 e. The summed E-state index contributed by atoms with van der Waals surface area (Å²) in [5, 5.41) is 0.00484. The highest BCUT2D eigenvalue weighted by atomic mass is 35.5. The van der Waals surface area contributed by atoms with Crippen molar-refractivity contribution in [3.05, 3.63) is 52.0 Å². The predicted octanol–water partition coefficient (Wildman–Crippen LogP) is 4.42. The van der Waals surface area contributed by atoms with Gasteiger partial charge in [0.05, 0.1) is 17.2 Å². The average Bonchev–Trinajstić information content (AvgIpc) is 2.55. The van der Waals surface area contributed by atoms with Crippen molar-refractivity contribution in [3.8, 4) is 11.5 Å².